The summed E-state index contributed by atoms with van der Waals surface area (Å²) in [7, 11) is 0. The van der Waals surface area contributed by atoms with E-state index in [9.17, 15) is 0 Å². The minimum absolute atomic E-state index is 0.846. The molecule has 0 saturated heterocycles. The summed E-state index contributed by atoms with van der Waals surface area (Å²) in [4.78, 5) is 6.91. The summed E-state index contributed by atoms with van der Waals surface area (Å²) in [6.07, 6.45) is 5.56. The molecule has 0 atom stereocenters. The van der Waals surface area contributed by atoms with Gasteiger partial charge in [-0.1, -0.05) is 0 Å². The molecule has 0 aliphatic heterocycles. The van der Waals surface area contributed by atoms with E-state index in [1.807, 2.05) is 6.20 Å². The highest BCUT2D eigenvalue weighted by Gasteiger charge is 1.91. The largest absolute Gasteiger partial charge is 0.348 e. The Kier molecular flexibility index (Phi) is 2.92. The van der Waals surface area contributed by atoms with Gasteiger partial charge < -0.3 is 4.98 Å². The van der Waals surface area contributed by atoms with Gasteiger partial charge in [0.15, 0.2) is 0 Å². The minimum Gasteiger partial charge on any atom is -0.348 e. The predicted molar refractivity (Wildman–Crippen MR) is 39.1 cm³/mol. The van der Waals surface area contributed by atoms with E-state index >= 15 is 0 Å². The predicted octanol–water partition coefficient (Wildman–Crippen LogP) is -0.194. The van der Waals surface area contributed by atoms with E-state index in [-0.39, 0.29) is 0 Å². The van der Waals surface area contributed by atoms with Gasteiger partial charge in [-0.3, -0.25) is 11.3 Å². The van der Waals surface area contributed by atoms with Crippen LogP contribution in [-0.2, 0) is 6.42 Å². The molecule has 1 heterocycles. The average Bonchev–Trinajstić information content (AvgIpc) is 2.41. The molecule has 1 aromatic heterocycles. The molecule has 0 fully saturated rings. The first-order chi connectivity index (χ1) is 4.93. The number of aromatic amines is 1. The lowest BCUT2D eigenvalue weighted by Gasteiger charge is -1.95. The van der Waals surface area contributed by atoms with Gasteiger partial charge in [0.2, 0.25) is 0 Å². The fraction of sp³-hybridized carbons (Fsp3) is 0.500. The fourth-order valence-corrected chi connectivity index (χ4v) is 0.802. The van der Waals surface area contributed by atoms with Crippen LogP contribution in [0.15, 0.2) is 12.5 Å². The van der Waals surface area contributed by atoms with Gasteiger partial charge in [0.05, 0.1) is 6.33 Å². The molecule has 1 aromatic rings. The summed E-state index contributed by atoms with van der Waals surface area (Å²) >= 11 is 0. The number of aromatic nitrogens is 2. The zero-order chi connectivity index (χ0) is 7.23. The van der Waals surface area contributed by atoms with Gasteiger partial charge in [-0.15, -0.1) is 0 Å². The number of nitrogens with one attached hydrogen (secondary N) is 2. The van der Waals surface area contributed by atoms with Crippen molar-refractivity contribution in [1.29, 1.82) is 0 Å². The lowest BCUT2D eigenvalue weighted by atomic mass is 10.2. The lowest BCUT2D eigenvalue weighted by molar-refractivity contribution is 0.675. The molecular weight excluding hydrogens is 128 g/mol. The summed E-state index contributed by atoms with van der Waals surface area (Å²) < 4.78 is 0. The van der Waals surface area contributed by atoms with Crippen LogP contribution in [-0.4, -0.2) is 16.5 Å². The molecule has 0 radical (unpaired) electrons. The highest BCUT2D eigenvalue weighted by atomic mass is 15.2. The van der Waals surface area contributed by atoms with Gasteiger partial charge in [0, 0.05) is 18.4 Å². The second kappa shape index (κ2) is 4.03. The van der Waals surface area contributed by atoms with Gasteiger partial charge in [0.25, 0.3) is 0 Å². The van der Waals surface area contributed by atoms with E-state index in [4.69, 9.17) is 5.84 Å². The molecule has 0 bridgehead atoms. The maximum absolute atomic E-state index is 5.09. The number of hydrogen-bond donors (Lipinski definition) is 3. The van der Waals surface area contributed by atoms with Crippen LogP contribution >= 0.6 is 0 Å². The number of rotatable bonds is 4. The topological polar surface area (TPSA) is 66.7 Å². The molecule has 0 amide bonds. The van der Waals surface area contributed by atoms with Crippen LogP contribution in [0.25, 0.3) is 0 Å². The van der Waals surface area contributed by atoms with Gasteiger partial charge in [0.1, 0.15) is 0 Å². The molecule has 4 heteroatoms. The molecule has 56 valence electrons. The maximum Gasteiger partial charge on any atom is 0.0921 e. The van der Waals surface area contributed by atoms with E-state index in [2.05, 4.69) is 15.4 Å². The molecule has 0 aromatic carbocycles. The molecule has 10 heavy (non-hydrogen) atoms. The van der Waals surface area contributed by atoms with Crippen molar-refractivity contribution in [3.05, 3.63) is 18.2 Å². The van der Waals surface area contributed by atoms with Crippen LogP contribution < -0.4 is 11.3 Å². The zero-order valence-electron chi connectivity index (χ0n) is 5.80. The number of nitrogens with zero attached hydrogens (tertiary/aromatic N) is 1. The van der Waals surface area contributed by atoms with Crippen LogP contribution in [0.3, 0.4) is 0 Å². The van der Waals surface area contributed by atoms with Crippen molar-refractivity contribution in [1.82, 2.24) is 15.4 Å². The Hall–Kier alpha value is -0.870. The number of H-pyrrole nitrogens is 1. The fourth-order valence-electron chi connectivity index (χ4n) is 0.802. The van der Waals surface area contributed by atoms with Crippen molar-refractivity contribution >= 4 is 0 Å². The Balaban J connectivity index is 2.15. The Labute approximate surface area is 59.8 Å². The monoisotopic (exact) mass is 140 g/mol. The van der Waals surface area contributed by atoms with Crippen molar-refractivity contribution in [3.63, 3.8) is 0 Å². The first-order valence-corrected chi connectivity index (χ1v) is 3.34. The molecule has 0 unspecified atom stereocenters. The van der Waals surface area contributed by atoms with Crippen LogP contribution in [0.5, 0.6) is 0 Å². The SMILES string of the molecule is NNCCCc1cnc[nH]1. The third-order valence-electron chi connectivity index (χ3n) is 1.32. The number of nitrogens with two attached hydrogens (primary N) is 1. The second-order valence-electron chi connectivity index (χ2n) is 2.13. The molecule has 0 aliphatic rings. The molecule has 0 saturated carbocycles. The normalized spacial score (nSPS) is 10.1. The first-order valence-electron chi connectivity index (χ1n) is 3.34. The van der Waals surface area contributed by atoms with Crippen molar-refractivity contribution < 1.29 is 0 Å². The molecular formula is C6H12N4. The van der Waals surface area contributed by atoms with E-state index < -0.39 is 0 Å². The van der Waals surface area contributed by atoms with Crippen LogP contribution in [0, 0.1) is 0 Å². The van der Waals surface area contributed by atoms with Crippen LogP contribution in [0.2, 0.25) is 0 Å². The minimum atomic E-state index is 0.846. The highest BCUT2D eigenvalue weighted by molar-refractivity contribution is 4.93. The Morgan fingerprint density at radius 2 is 2.60 bits per heavy atom. The van der Waals surface area contributed by atoms with Gasteiger partial charge in [-0.2, -0.15) is 0 Å². The van der Waals surface area contributed by atoms with E-state index in [0.29, 0.717) is 0 Å². The third kappa shape index (κ3) is 2.16. The van der Waals surface area contributed by atoms with E-state index in [0.717, 1.165) is 25.1 Å². The van der Waals surface area contributed by atoms with E-state index in [1.165, 1.54) is 0 Å². The summed E-state index contributed by atoms with van der Waals surface area (Å²) in [5, 5.41) is 0. The standard InChI is InChI=1S/C6H12N4/c7-10-3-1-2-6-4-8-5-9-6/h4-5,10H,1-3,7H2,(H,8,9). The quantitative estimate of drug-likeness (QED) is 0.308. The highest BCUT2D eigenvalue weighted by Crippen LogP contribution is 1.94. The van der Waals surface area contributed by atoms with Crippen molar-refractivity contribution in [2.75, 3.05) is 6.54 Å². The maximum atomic E-state index is 5.09. The number of imidazole rings is 1. The third-order valence-corrected chi connectivity index (χ3v) is 1.32. The van der Waals surface area contributed by atoms with Gasteiger partial charge in [-0.25, -0.2) is 4.98 Å². The van der Waals surface area contributed by atoms with Crippen LogP contribution in [0.1, 0.15) is 12.1 Å². The molecule has 4 N–H and O–H groups in total. The summed E-state index contributed by atoms with van der Waals surface area (Å²) in [5.74, 6) is 5.09. The summed E-state index contributed by atoms with van der Waals surface area (Å²) in [6.45, 7) is 0.846. The van der Waals surface area contributed by atoms with Gasteiger partial charge in [-0.05, 0) is 12.8 Å². The van der Waals surface area contributed by atoms with Crippen molar-refractivity contribution in [2.24, 2.45) is 5.84 Å². The molecule has 0 aliphatic carbocycles. The number of aryl methyl sites for hydroxylation is 1. The number of hydrogen-bond acceptors (Lipinski definition) is 3. The smallest absolute Gasteiger partial charge is 0.0921 e. The summed E-state index contributed by atoms with van der Waals surface area (Å²) in [5.41, 5.74) is 3.76. The molecule has 0 spiro atoms. The van der Waals surface area contributed by atoms with Gasteiger partial charge >= 0.3 is 0 Å². The first kappa shape index (κ1) is 7.24. The average molecular weight is 140 g/mol. The Morgan fingerprint density at radius 3 is 3.20 bits per heavy atom. The summed E-state index contributed by atoms with van der Waals surface area (Å²) in [6, 6.07) is 0. The zero-order valence-corrected chi connectivity index (χ0v) is 5.80. The Morgan fingerprint density at radius 1 is 1.70 bits per heavy atom. The van der Waals surface area contributed by atoms with Crippen molar-refractivity contribution in [3.8, 4) is 0 Å². The second-order valence-corrected chi connectivity index (χ2v) is 2.13. The van der Waals surface area contributed by atoms with Crippen molar-refractivity contribution in [2.45, 2.75) is 12.8 Å². The Bertz CT molecular complexity index is 158. The number of hydrazine groups is 1. The molecule has 4 nitrogen and oxygen atoms in total. The lowest BCUT2D eigenvalue weighted by Crippen LogP contribution is -2.23. The van der Waals surface area contributed by atoms with Crippen LogP contribution in [0.4, 0.5) is 0 Å². The molecule has 1 rings (SSSR count). The van der Waals surface area contributed by atoms with E-state index in [1.54, 1.807) is 6.33 Å².